The largest absolute Gasteiger partial charge is 0.469 e. The van der Waals surface area contributed by atoms with Gasteiger partial charge < -0.3 is 30.6 Å². The number of hydrogen-bond acceptors (Lipinski definition) is 8. The number of carbonyl (C=O) groups is 4. The Labute approximate surface area is 265 Å². The monoisotopic (exact) mass is 627 g/mol. The van der Waals surface area contributed by atoms with Crippen molar-refractivity contribution in [2.24, 2.45) is 5.92 Å². The first kappa shape index (κ1) is 34.2. The molecule has 12 heteroatoms. The number of unbranched alkanes of at least 4 members (excludes halogenated alkanes) is 2. The van der Waals surface area contributed by atoms with E-state index in [1.54, 1.807) is 22.9 Å². The van der Waals surface area contributed by atoms with Crippen LogP contribution in [0.4, 0.5) is 0 Å². The molecule has 1 aromatic heterocycles. The quantitative estimate of drug-likeness (QED) is 0.218. The van der Waals surface area contributed by atoms with Gasteiger partial charge in [0.1, 0.15) is 25.4 Å². The zero-order valence-electron chi connectivity index (χ0n) is 26.9. The lowest BCUT2D eigenvalue weighted by Crippen LogP contribution is -2.65. The number of amides is 3. The Morgan fingerprint density at radius 1 is 1.00 bits per heavy atom. The van der Waals surface area contributed by atoms with Crippen molar-refractivity contribution in [1.29, 1.82) is 0 Å². The average Bonchev–Trinajstić information content (AvgIpc) is 3.41. The number of methoxy groups -OCH3 is 1. The number of esters is 1. The number of aromatic nitrogens is 1. The van der Waals surface area contributed by atoms with Crippen LogP contribution in [0.25, 0.3) is 10.9 Å². The van der Waals surface area contributed by atoms with E-state index in [-0.39, 0.29) is 30.6 Å². The van der Waals surface area contributed by atoms with Gasteiger partial charge in [-0.2, -0.15) is 4.73 Å². The van der Waals surface area contributed by atoms with Crippen LogP contribution >= 0.6 is 0 Å². The lowest BCUT2D eigenvalue weighted by Gasteiger charge is -2.43. The highest BCUT2D eigenvalue weighted by Crippen LogP contribution is 2.26. The molecule has 0 radical (unpaired) electrons. The molecule has 0 bridgehead atoms. The molecule has 248 valence electrons. The fraction of sp³-hybridized carbons (Fsp3) is 0.636. The Hall–Kier alpha value is -3.64. The summed E-state index contributed by atoms with van der Waals surface area (Å²) in [7, 11) is 2.91. The van der Waals surface area contributed by atoms with Crippen molar-refractivity contribution in [2.75, 3.05) is 20.8 Å². The van der Waals surface area contributed by atoms with E-state index in [0.717, 1.165) is 29.3 Å². The average molecular weight is 628 g/mol. The van der Waals surface area contributed by atoms with Crippen LogP contribution in [0.1, 0.15) is 77.2 Å². The number of fused-ring (bicyclic) bond motifs is 2. The van der Waals surface area contributed by atoms with Crippen molar-refractivity contribution in [2.45, 2.75) is 108 Å². The second-order valence-corrected chi connectivity index (χ2v) is 12.3. The molecular formula is C33H49N5O7. The molecule has 6 atom stereocenters. The maximum atomic E-state index is 14.1. The van der Waals surface area contributed by atoms with Crippen LogP contribution in [0, 0.1) is 5.92 Å². The molecule has 3 heterocycles. The van der Waals surface area contributed by atoms with Gasteiger partial charge in [-0.1, -0.05) is 57.7 Å². The number of rotatable bonds is 11. The van der Waals surface area contributed by atoms with Crippen molar-refractivity contribution in [3.63, 3.8) is 0 Å². The maximum Gasteiger partial charge on any atom is 0.305 e. The molecule has 2 aromatic rings. The summed E-state index contributed by atoms with van der Waals surface area (Å²) in [5.41, 5.74) is 1.64. The summed E-state index contributed by atoms with van der Waals surface area (Å²) in [4.78, 5) is 60.5. The van der Waals surface area contributed by atoms with Crippen LogP contribution in [0.3, 0.4) is 0 Å². The van der Waals surface area contributed by atoms with Gasteiger partial charge in [0.2, 0.25) is 17.7 Å². The summed E-state index contributed by atoms with van der Waals surface area (Å²) in [6.07, 6.45) is 6.25. The second kappa shape index (κ2) is 16.1. The minimum absolute atomic E-state index is 0.0953. The first-order valence-electron chi connectivity index (χ1n) is 16.2. The smallest absolute Gasteiger partial charge is 0.305 e. The van der Waals surface area contributed by atoms with Gasteiger partial charge in [-0.15, -0.1) is 0 Å². The van der Waals surface area contributed by atoms with Crippen molar-refractivity contribution in [3.05, 3.63) is 36.0 Å². The number of para-hydroxylation sites is 1. The number of aliphatic hydroxyl groups is 1. The highest BCUT2D eigenvalue weighted by Gasteiger charge is 2.41. The molecule has 4 rings (SSSR count). The molecule has 2 saturated heterocycles. The predicted octanol–water partition coefficient (Wildman–Crippen LogP) is 2.05. The third kappa shape index (κ3) is 8.35. The second-order valence-electron chi connectivity index (χ2n) is 12.3. The minimum Gasteiger partial charge on any atom is -0.469 e. The first-order valence-corrected chi connectivity index (χ1v) is 16.2. The van der Waals surface area contributed by atoms with Crippen LogP contribution in [0.15, 0.2) is 30.5 Å². The molecule has 4 N–H and O–H groups in total. The van der Waals surface area contributed by atoms with Gasteiger partial charge in [0.15, 0.2) is 0 Å². The highest BCUT2D eigenvalue weighted by molar-refractivity contribution is 5.94. The highest BCUT2D eigenvalue weighted by atomic mass is 16.6. The SMILES string of the molecule is CCC(C)[C@@H]1NC(=O)[C@H](Cc2cn(OC)c3ccccc23)NC(=O)[C@H](CCCCCC(=O)OC)NC(=O)[C@H]2CCCCN2C1O. The lowest BCUT2D eigenvalue weighted by atomic mass is 9.92. The number of ether oxygens (including phenoxy) is 1. The number of carbonyl (C=O) groups excluding carboxylic acids is 4. The zero-order chi connectivity index (χ0) is 32.5. The lowest BCUT2D eigenvalue weighted by molar-refractivity contribution is -0.144. The zero-order valence-corrected chi connectivity index (χ0v) is 26.9. The molecule has 2 fully saturated rings. The molecule has 1 aromatic carbocycles. The van der Waals surface area contributed by atoms with Crippen LogP contribution < -0.4 is 20.8 Å². The minimum atomic E-state index is -1.08. The van der Waals surface area contributed by atoms with Gasteiger partial charge in [0.05, 0.1) is 24.7 Å². The Balaban J connectivity index is 1.66. The van der Waals surface area contributed by atoms with E-state index in [2.05, 4.69) is 16.0 Å². The molecule has 2 aliphatic heterocycles. The van der Waals surface area contributed by atoms with Gasteiger partial charge in [0.25, 0.3) is 0 Å². The molecule has 2 unspecified atom stereocenters. The topological polar surface area (TPSA) is 151 Å². The van der Waals surface area contributed by atoms with Crippen LogP contribution in [0.2, 0.25) is 0 Å². The number of benzene rings is 1. The third-order valence-electron chi connectivity index (χ3n) is 9.32. The van der Waals surface area contributed by atoms with Gasteiger partial charge in [-0.25, -0.2) is 0 Å². The molecule has 0 spiro atoms. The van der Waals surface area contributed by atoms with Crippen molar-refractivity contribution >= 4 is 34.6 Å². The van der Waals surface area contributed by atoms with E-state index >= 15 is 0 Å². The number of piperidine rings is 1. The normalized spacial score (nSPS) is 25.6. The van der Waals surface area contributed by atoms with Gasteiger partial charge >= 0.3 is 5.97 Å². The van der Waals surface area contributed by atoms with Gasteiger partial charge in [-0.05, 0) is 43.2 Å². The Morgan fingerprint density at radius 2 is 1.73 bits per heavy atom. The Bertz CT molecular complexity index is 1330. The van der Waals surface area contributed by atoms with Gasteiger partial charge in [-0.3, -0.25) is 24.1 Å². The van der Waals surface area contributed by atoms with Crippen LogP contribution in [-0.4, -0.2) is 89.6 Å². The summed E-state index contributed by atoms with van der Waals surface area (Å²) in [5, 5.41) is 21.6. The number of hydrogen-bond donors (Lipinski definition) is 4. The summed E-state index contributed by atoms with van der Waals surface area (Å²) >= 11 is 0. The Morgan fingerprint density at radius 3 is 2.47 bits per heavy atom. The summed E-state index contributed by atoms with van der Waals surface area (Å²) in [6, 6.07) is 4.51. The summed E-state index contributed by atoms with van der Waals surface area (Å²) < 4.78 is 6.34. The maximum absolute atomic E-state index is 14.1. The molecule has 12 nitrogen and oxygen atoms in total. The molecule has 3 amide bonds. The van der Waals surface area contributed by atoms with E-state index in [1.165, 1.54) is 7.11 Å². The van der Waals surface area contributed by atoms with Gasteiger partial charge in [0, 0.05) is 31.0 Å². The van der Waals surface area contributed by atoms with Crippen LogP contribution in [-0.2, 0) is 30.3 Å². The molecule has 0 aliphatic carbocycles. The van der Waals surface area contributed by atoms with Crippen LogP contribution in [0.5, 0.6) is 0 Å². The van der Waals surface area contributed by atoms with E-state index in [4.69, 9.17) is 9.57 Å². The molecular weight excluding hydrogens is 578 g/mol. The van der Waals surface area contributed by atoms with Crippen molar-refractivity contribution < 1.29 is 33.9 Å². The van der Waals surface area contributed by atoms with E-state index in [9.17, 15) is 24.3 Å². The summed E-state index contributed by atoms with van der Waals surface area (Å²) in [6.45, 7) is 4.47. The fourth-order valence-electron chi connectivity index (χ4n) is 6.45. The standard InChI is InChI=1S/C33H49N5O7/c1-5-21(2)29-33(43)37-18-12-11-16-27(37)32(42)34-24(14-7-6-8-17-28(39)44-3)30(40)35-25(31(41)36-29)19-22-20-38(45-4)26-15-10-9-13-23(22)26/h9-10,13,15,20-21,24-25,27,29,33,43H,5-8,11-12,14,16-19H2,1-4H3,(H,34,42)(H,35,40)(H,36,41)/t21?,24-,25-,27+,29-,33?/m0/s1. The number of nitrogens with one attached hydrogen (secondary N) is 3. The molecule has 45 heavy (non-hydrogen) atoms. The van der Waals surface area contributed by atoms with E-state index in [1.807, 2.05) is 38.1 Å². The number of aliphatic hydroxyl groups excluding tert-OH is 1. The van der Waals surface area contributed by atoms with Crippen molar-refractivity contribution in [1.82, 2.24) is 25.6 Å². The fourth-order valence-corrected chi connectivity index (χ4v) is 6.45. The predicted molar refractivity (Wildman–Crippen MR) is 169 cm³/mol. The molecule has 2 aliphatic rings. The Kier molecular flexibility index (Phi) is 12.2. The van der Waals surface area contributed by atoms with E-state index in [0.29, 0.717) is 45.1 Å². The van der Waals surface area contributed by atoms with Crippen molar-refractivity contribution in [3.8, 4) is 0 Å². The first-order chi connectivity index (χ1) is 21.7. The molecule has 0 saturated carbocycles. The van der Waals surface area contributed by atoms with E-state index < -0.39 is 42.2 Å². The third-order valence-corrected chi connectivity index (χ3v) is 9.32. The summed E-state index contributed by atoms with van der Waals surface area (Å²) in [5.74, 6) is -1.54. The number of nitrogens with zero attached hydrogens (tertiary/aromatic N) is 2.